The molecular formula is C33H43N3O5S. The zero-order chi connectivity index (χ0) is 30.0. The van der Waals surface area contributed by atoms with Crippen molar-refractivity contribution in [3.8, 4) is 5.75 Å². The third-order valence-corrected chi connectivity index (χ3v) is 9.16. The number of carbonyl (C=O) groups is 1. The van der Waals surface area contributed by atoms with E-state index in [4.69, 9.17) is 4.74 Å². The number of rotatable bonds is 13. The van der Waals surface area contributed by atoms with Crippen LogP contribution in [0.2, 0.25) is 0 Å². The summed E-state index contributed by atoms with van der Waals surface area (Å²) in [7, 11) is -1.39. The van der Waals surface area contributed by atoms with Gasteiger partial charge in [0.05, 0.1) is 37.2 Å². The molecule has 0 spiro atoms. The molecule has 0 saturated heterocycles. The normalized spacial score (nSPS) is 16.7. The van der Waals surface area contributed by atoms with Crippen LogP contribution in [0, 0.1) is 0 Å². The first kappa shape index (κ1) is 31.6. The third kappa shape index (κ3) is 8.83. The number of allylic oxidation sites excluding steroid dienone is 1. The van der Waals surface area contributed by atoms with Gasteiger partial charge >= 0.3 is 0 Å². The molecule has 1 amide bonds. The second-order valence-corrected chi connectivity index (χ2v) is 12.7. The number of carbonyl (C=O) groups excluding carboxylic acids is 1. The molecule has 8 nitrogen and oxygen atoms in total. The number of aliphatic hydroxyl groups excluding tert-OH is 1. The van der Waals surface area contributed by atoms with Crippen LogP contribution < -0.4 is 19.7 Å². The largest absolute Gasteiger partial charge is 0.497 e. The van der Waals surface area contributed by atoms with Crippen LogP contribution in [0.4, 0.5) is 5.69 Å². The second-order valence-electron chi connectivity index (χ2n) is 10.6. The van der Waals surface area contributed by atoms with Gasteiger partial charge in [-0.25, -0.2) is 0 Å². The van der Waals surface area contributed by atoms with Crippen molar-refractivity contribution >= 4 is 22.4 Å². The summed E-state index contributed by atoms with van der Waals surface area (Å²) in [6, 6.07) is 22.5. The maximum absolute atomic E-state index is 13.7. The third-order valence-electron chi connectivity index (χ3n) is 7.31. The average molecular weight is 594 g/mol. The number of methoxy groups -OCH3 is 1. The lowest BCUT2D eigenvalue weighted by Gasteiger charge is -2.43. The summed E-state index contributed by atoms with van der Waals surface area (Å²) in [5.74, 6) is 0.701. The molecule has 1 aliphatic heterocycles. The second kappa shape index (κ2) is 15.2. The van der Waals surface area contributed by atoms with Crippen LogP contribution in [0.3, 0.4) is 0 Å². The number of nitrogens with one attached hydrogen (secondary N) is 2. The van der Waals surface area contributed by atoms with Crippen molar-refractivity contribution in [2.45, 2.75) is 51.3 Å². The van der Waals surface area contributed by atoms with E-state index in [1.165, 1.54) is 0 Å². The van der Waals surface area contributed by atoms with Crippen molar-refractivity contribution in [2.24, 2.45) is 0 Å². The van der Waals surface area contributed by atoms with Gasteiger partial charge in [-0.2, -0.15) is 0 Å². The van der Waals surface area contributed by atoms with E-state index in [9.17, 15) is 19.0 Å². The summed E-state index contributed by atoms with van der Waals surface area (Å²) in [4.78, 5) is 13.7. The van der Waals surface area contributed by atoms with Crippen LogP contribution in [-0.4, -0.2) is 58.2 Å². The Kier molecular flexibility index (Phi) is 11.5. The van der Waals surface area contributed by atoms with Gasteiger partial charge in [0.15, 0.2) is 0 Å². The molecule has 2 atom stereocenters. The number of aliphatic hydroxyl groups is 1. The highest BCUT2D eigenvalue weighted by Crippen LogP contribution is 2.48. The molecule has 3 aromatic carbocycles. The minimum Gasteiger partial charge on any atom is -0.497 e. The molecule has 226 valence electrons. The highest BCUT2D eigenvalue weighted by Gasteiger charge is 2.26. The molecule has 0 bridgehead atoms. The van der Waals surface area contributed by atoms with E-state index in [0.717, 1.165) is 35.3 Å². The topological polar surface area (TPSA) is 114 Å². The van der Waals surface area contributed by atoms with Gasteiger partial charge < -0.3 is 20.5 Å². The van der Waals surface area contributed by atoms with E-state index in [1.54, 1.807) is 17.5 Å². The van der Waals surface area contributed by atoms with Gasteiger partial charge in [-0.15, -0.1) is 10.8 Å². The summed E-state index contributed by atoms with van der Waals surface area (Å²) < 4.78 is 28.6. The van der Waals surface area contributed by atoms with Gasteiger partial charge in [0, 0.05) is 18.7 Å². The highest BCUT2D eigenvalue weighted by molar-refractivity contribution is 8.25. The van der Waals surface area contributed by atoms with Gasteiger partial charge in [0.25, 0.3) is 5.91 Å². The van der Waals surface area contributed by atoms with E-state index in [0.29, 0.717) is 37.2 Å². The van der Waals surface area contributed by atoms with Crippen molar-refractivity contribution < 1.29 is 23.7 Å². The fourth-order valence-electron chi connectivity index (χ4n) is 5.09. The zero-order valence-corrected chi connectivity index (χ0v) is 25.2. The Labute approximate surface area is 250 Å². The molecule has 42 heavy (non-hydrogen) atoms. The maximum atomic E-state index is 13.7. The molecular weight excluding hydrogens is 550 g/mol. The molecule has 1 heterocycles. The Balaban J connectivity index is 1.53. The van der Waals surface area contributed by atoms with E-state index in [1.807, 2.05) is 78.9 Å². The first-order valence-electron chi connectivity index (χ1n) is 14.5. The van der Waals surface area contributed by atoms with Gasteiger partial charge in [0.2, 0.25) is 0 Å². The van der Waals surface area contributed by atoms with Crippen LogP contribution in [-0.2, 0) is 19.4 Å². The zero-order valence-electron chi connectivity index (χ0n) is 24.4. The predicted molar refractivity (Wildman–Crippen MR) is 171 cm³/mol. The number of hydrogen-bond acceptors (Lipinski definition) is 7. The lowest BCUT2D eigenvalue weighted by atomic mass is 9.99. The highest BCUT2D eigenvalue weighted by atomic mass is 32.3. The minimum absolute atomic E-state index is 0.247. The summed E-state index contributed by atoms with van der Waals surface area (Å²) in [6.07, 6.45) is 5.70. The molecule has 3 aromatic rings. The number of ether oxygens (including phenoxy) is 1. The molecule has 1 aliphatic rings. The maximum Gasteiger partial charge on any atom is 0.251 e. The quantitative estimate of drug-likeness (QED) is 0.165. The monoisotopic (exact) mass is 593 g/mol. The fraction of sp³-hybridized carbons (Fsp3) is 0.364. The lowest BCUT2D eigenvalue weighted by molar-refractivity contribution is 0.0830. The van der Waals surface area contributed by atoms with Crippen molar-refractivity contribution in [1.82, 2.24) is 10.6 Å². The average Bonchev–Trinajstić information content (AvgIpc) is 3.17. The van der Waals surface area contributed by atoms with Crippen LogP contribution in [0.5, 0.6) is 5.75 Å². The summed E-state index contributed by atoms with van der Waals surface area (Å²) in [5, 5.41) is 17.6. The number of hydrogen-bond donors (Lipinski definition) is 5. The molecule has 0 aliphatic carbocycles. The number of nitrogens with zero attached hydrogens (tertiary/aromatic N) is 1. The van der Waals surface area contributed by atoms with Gasteiger partial charge in [0.1, 0.15) is 5.75 Å². The number of anilines is 1. The molecule has 0 aromatic heterocycles. The Morgan fingerprint density at radius 3 is 2.55 bits per heavy atom. The molecule has 4 rings (SSSR count). The fourth-order valence-corrected chi connectivity index (χ4v) is 6.53. The van der Waals surface area contributed by atoms with E-state index >= 15 is 0 Å². The predicted octanol–water partition coefficient (Wildman–Crippen LogP) is 5.57. The SMILES string of the molecule is CCCc1cc(C(=O)N[C@@H](Cc2ccccc2)[C@H](O)CNCc2cccc(OC)c2)cc(N2CC=CCCS2(O)O)c1. The van der Waals surface area contributed by atoms with Crippen molar-refractivity contribution in [3.05, 3.63) is 107 Å². The smallest absolute Gasteiger partial charge is 0.251 e. The van der Waals surface area contributed by atoms with E-state index < -0.39 is 22.9 Å². The molecule has 0 unspecified atom stereocenters. The number of benzene rings is 3. The molecule has 0 saturated carbocycles. The van der Waals surface area contributed by atoms with Crippen LogP contribution in [0.1, 0.15) is 46.8 Å². The first-order chi connectivity index (χ1) is 20.3. The van der Waals surface area contributed by atoms with Crippen molar-refractivity contribution in [1.29, 1.82) is 0 Å². The lowest BCUT2D eigenvalue weighted by Crippen LogP contribution is -2.48. The van der Waals surface area contributed by atoms with Crippen molar-refractivity contribution in [3.63, 3.8) is 0 Å². The van der Waals surface area contributed by atoms with Gasteiger partial charge in [-0.1, -0.05) is 68.0 Å². The van der Waals surface area contributed by atoms with Crippen molar-refractivity contribution in [2.75, 3.05) is 30.3 Å². The molecule has 0 fully saturated rings. The number of aryl methyl sites for hydroxylation is 1. The molecule has 5 N–H and O–H groups in total. The molecule has 9 heteroatoms. The van der Waals surface area contributed by atoms with Gasteiger partial charge in [-0.05, 0) is 66.3 Å². The standard InChI is InChI=1S/C33H43N3O5S/c1-3-11-26-18-28(22-29(19-26)36-16-8-5-9-17-42(36,39)40)33(38)35-31(21-25-12-6-4-7-13-25)32(37)24-34-23-27-14-10-15-30(20-27)41-2/h4-8,10,12-15,18-20,22,31-32,34,37,39-40H,3,9,11,16-17,21,23-24H2,1-2H3,(H,35,38)/t31-,32+/m0/s1. The summed E-state index contributed by atoms with van der Waals surface area (Å²) in [6.45, 7) is 3.24. The Hall–Kier alpha value is -3.34. The van der Waals surface area contributed by atoms with E-state index in [2.05, 4.69) is 17.6 Å². The van der Waals surface area contributed by atoms with Crippen LogP contribution in [0.15, 0.2) is 84.9 Å². The van der Waals surface area contributed by atoms with Crippen LogP contribution >= 0.6 is 10.8 Å². The Morgan fingerprint density at radius 1 is 1.00 bits per heavy atom. The first-order valence-corrected chi connectivity index (χ1v) is 16.2. The number of amides is 1. The minimum atomic E-state index is -3.02. The van der Waals surface area contributed by atoms with Crippen LogP contribution in [0.25, 0.3) is 0 Å². The molecule has 0 radical (unpaired) electrons. The summed E-state index contributed by atoms with van der Waals surface area (Å²) in [5.41, 5.74) is 4.01. The summed E-state index contributed by atoms with van der Waals surface area (Å²) >= 11 is 0. The van der Waals surface area contributed by atoms with Gasteiger partial charge in [-0.3, -0.25) is 18.2 Å². The van der Waals surface area contributed by atoms with E-state index in [-0.39, 0.29) is 18.2 Å². The Bertz CT molecular complexity index is 1330. The Morgan fingerprint density at radius 2 is 1.79 bits per heavy atom.